The average Bonchev–Trinajstić information content (AvgIpc) is 3.31. The van der Waals surface area contributed by atoms with Gasteiger partial charge >= 0.3 is 6.61 Å². The van der Waals surface area contributed by atoms with Gasteiger partial charge in [0, 0.05) is 51.5 Å². The zero-order valence-corrected chi connectivity index (χ0v) is 18.7. The normalized spacial score (nSPS) is 16.6. The lowest BCUT2D eigenvalue weighted by atomic mass is 9.93. The smallest absolute Gasteiger partial charge is 0.387 e. The van der Waals surface area contributed by atoms with Gasteiger partial charge in [0.2, 0.25) is 5.91 Å². The fourth-order valence-electron chi connectivity index (χ4n) is 4.25. The Morgan fingerprint density at radius 3 is 2.88 bits per heavy atom. The van der Waals surface area contributed by atoms with Gasteiger partial charge in [-0.1, -0.05) is 12.1 Å². The number of hydrogen-bond acceptors (Lipinski definition) is 4. The molecule has 1 unspecified atom stereocenters. The standard InChI is InChI=1S/C23H16F3IN2O3/c24-17-8-14(27)2-1-12(17)10-29-11-13(7-20(29)30)15-3-4-18(32-23(25)26)22-21(15)16-5-6-28-9-19(16)31-22/h1-6,8-9,13,23H,7,10-11H2. The highest BCUT2D eigenvalue weighted by Crippen LogP contribution is 2.42. The fourth-order valence-corrected chi connectivity index (χ4v) is 4.71. The predicted octanol–water partition coefficient (Wildman–Crippen LogP) is 5.84. The minimum atomic E-state index is -3.00. The molecule has 1 aliphatic rings. The highest BCUT2D eigenvalue weighted by Gasteiger charge is 2.33. The molecule has 1 saturated heterocycles. The van der Waals surface area contributed by atoms with Crippen molar-refractivity contribution < 1.29 is 27.1 Å². The van der Waals surface area contributed by atoms with E-state index in [1.807, 2.05) is 22.6 Å². The molecule has 5 nitrogen and oxygen atoms in total. The summed E-state index contributed by atoms with van der Waals surface area (Å²) >= 11 is 2.03. The van der Waals surface area contributed by atoms with Gasteiger partial charge in [0.15, 0.2) is 16.9 Å². The molecule has 4 aromatic rings. The number of likely N-dealkylation sites (tertiary alicyclic amines) is 1. The van der Waals surface area contributed by atoms with Gasteiger partial charge in [0.25, 0.3) is 0 Å². The topological polar surface area (TPSA) is 55.6 Å². The van der Waals surface area contributed by atoms with E-state index in [9.17, 15) is 18.0 Å². The van der Waals surface area contributed by atoms with Crippen molar-refractivity contribution in [2.45, 2.75) is 25.5 Å². The fraction of sp³-hybridized carbons (Fsp3) is 0.217. The van der Waals surface area contributed by atoms with E-state index in [-0.39, 0.29) is 41.9 Å². The van der Waals surface area contributed by atoms with Gasteiger partial charge in [-0.2, -0.15) is 8.78 Å². The SMILES string of the molecule is O=C1CC(c2ccc(OC(F)F)c3oc4cnccc4c23)CN1Cc1ccc(I)cc1F. The minimum absolute atomic E-state index is 0.0721. The van der Waals surface area contributed by atoms with Crippen molar-refractivity contribution in [2.24, 2.45) is 0 Å². The number of fused-ring (bicyclic) bond motifs is 3. The summed E-state index contributed by atoms with van der Waals surface area (Å²) in [6.07, 6.45) is 3.33. The zero-order valence-electron chi connectivity index (χ0n) is 16.5. The quantitative estimate of drug-likeness (QED) is 0.292. The van der Waals surface area contributed by atoms with E-state index in [0.29, 0.717) is 28.5 Å². The van der Waals surface area contributed by atoms with E-state index in [1.54, 1.807) is 35.4 Å². The van der Waals surface area contributed by atoms with Gasteiger partial charge in [0.1, 0.15) is 5.82 Å². The first-order valence-corrected chi connectivity index (χ1v) is 10.9. The number of alkyl halides is 2. The second-order valence-electron chi connectivity index (χ2n) is 7.62. The number of halogens is 4. The summed E-state index contributed by atoms with van der Waals surface area (Å²) in [5.41, 5.74) is 1.88. The summed E-state index contributed by atoms with van der Waals surface area (Å²) < 4.78 is 51.4. The summed E-state index contributed by atoms with van der Waals surface area (Å²) in [6.45, 7) is -2.45. The van der Waals surface area contributed by atoms with E-state index < -0.39 is 6.61 Å². The third kappa shape index (κ3) is 3.78. The molecule has 2 aromatic carbocycles. The van der Waals surface area contributed by atoms with Crippen molar-refractivity contribution in [3.05, 3.63) is 69.3 Å². The number of nitrogens with zero attached hydrogens (tertiary/aromatic N) is 2. The number of ether oxygens (including phenoxy) is 1. The van der Waals surface area contributed by atoms with Gasteiger partial charge in [-0.25, -0.2) is 4.39 Å². The molecule has 0 aliphatic carbocycles. The number of carbonyl (C=O) groups is 1. The molecule has 5 rings (SSSR count). The lowest BCUT2D eigenvalue weighted by Gasteiger charge is -2.18. The lowest BCUT2D eigenvalue weighted by molar-refractivity contribution is -0.128. The van der Waals surface area contributed by atoms with Gasteiger partial charge in [0.05, 0.1) is 6.20 Å². The van der Waals surface area contributed by atoms with Crippen molar-refractivity contribution >= 4 is 50.4 Å². The van der Waals surface area contributed by atoms with Crippen LogP contribution < -0.4 is 4.74 Å². The van der Waals surface area contributed by atoms with Crippen LogP contribution in [0.15, 0.2) is 53.2 Å². The van der Waals surface area contributed by atoms with Crippen LogP contribution in [0.4, 0.5) is 13.2 Å². The van der Waals surface area contributed by atoms with Crippen LogP contribution in [0.5, 0.6) is 5.75 Å². The van der Waals surface area contributed by atoms with Crippen LogP contribution >= 0.6 is 22.6 Å². The molecular weight excluding hydrogens is 536 g/mol. The first-order valence-electron chi connectivity index (χ1n) is 9.86. The Balaban J connectivity index is 1.53. The van der Waals surface area contributed by atoms with Crippen LogP contribution in [0.1, 0.15) is 23.5 Å². The predicted molar refractivity (Wildman–Crippen MR) is 120 cm³/mol. The van der Waals surface area contributed by atoms with E-state index in [1.165, 1.54) is 18.3 Å². The molecule has 2 aromatic heterocycles. The van der Waals surface area contributed by atoms with E-state index in [4.69, 9.17) is 4.42 Å². The Morgan fingerprint density at radius 2 is 2.09 bits per heavy atom. The largest absolute Gasteiger partial charge is 0.451 e. The Kier molecular flexibility index (Phi) is 5.44. The number of furan rings is 1. The number of rotatable bonds is 5. The summed E-state index contributed by atoms with van der Waals surface area (Å²) in [5, 5.41) is 1.33. The Labute approximate surface area is 194 Å². The molecule has 1 atom stereocenters. The molecule has 0 N–H and O–H groups in total. The molecule has 1 aliphatic heterocycles. The first kappa shape index (κ1) is 21.0. The molecule has 3 heterocycles. The lowest BCUT2D eigenvalue weighted by Crippen LogP contribution is -2.25. The molecule has 0 bridgehead atoms. The van der Waals surface area contributed by atoms with Crippen LogP contribution in [-0.2, 0) is 11.3 Å². The van der Waals surface area contributed by atoms with Crippen LogP contribution in [-0.4, -0.2) is 28.9 Å². The first-order chi connectivity index (χ1) is 15.4. The van der Waals surface area contributed by atoms with Crippen molar-refractivity contribution in [3.8, 4) is 5.75 Å². The Hall–Kier alpha value is -2.82. The molecule has 9 heteroatoms. The van der Waals surface area contributed by atoms with E-state index in [0.717, 1.165) is 9.13 Å². The van der Waals surface area contributed by atoms with Crippen molar-refractivity contribution in [2.75, 3.05) is 6.54 Å². The molecule has 1 fully saturated rings. The summed E-state index contributed by atoms with van der Waals surface area (Å²) in [4.78, 5) is 18.4. The number of benzene rings is 2. The number of pyridine rings is 1. The number of aromatic nitrogens is 1. The second-order valence-corrected chi connectivity index (χ2v) is 8.87. The zero-order chi connectivity index (χ0) is 22.4. The van der Waals surface area contributed by atoms with Gasteiger partial charge in [-0.05, 0) is 52.4 Å². The second kappa shape index (κ2) is 8.27. The summed E-state index contributed by atoms with van der Waals surface area (Å²) in [6, 6.07) is 9.79. The van der Waals surface area contributed by atoms with E-state index in [2.05, 4.69) is 9.72 Å². The number of carbonyl (C=O) groups excluding carboxylic acids is 1. The number of amides is 1. The molecular formula is C23H16F3IN2O3. The average molecular weight is 552 g/mol. The van der Waals surface area contributed by atoms with Gasteiger partial charge in [-0.15, -0.1) is 0 Å². The van der Waals surface area contributed by atoms with Crippen molar-refractivity contribution in [1.29, 1.82) is 0 Å². The van der Waals surface area contributed by atoms with Crippen LogP contribution in [0, 0.1) is 9.39 Å². The maximum Gasteiger partial charge on any atom is 0.387 e. The van der Waals surface area contributed by atoms with Crippen LogP contribution in [0.3, 0.4) is 0 Å². The molecule has 1 amide bonds. The van der Waals surface area contributed by atoms with Gasteiger partial charge < -0.3 is 14.1 Å². The van der Waals surface area contributed by atoms with Gasteiger partial charge in [-0.3, -0.25) is 9.78 Å². The van der Waals surface area contributed by atoms with Crippen molar-refractivity contribution in [3.63, 3.8) is 0 Å². The summed E-state index contributed by atoms with van der Waals surface area (Å²) in [7, 11) is 0. The van der Waals surface area contributed by atoms with Crippen LogP contribution in [0.2, 0.25) is 0 Å². The summed E-state index contributed by atoms with van der Waals surface area (Å²) in [5.74, 6) is -0.718. The number of hydrogen-bond donors (Lipinski definition) is 0. The Morgan fingerprint density at radius 1 is 1.25 bits per heavy atom. The Bertz CT molecular complexity index is 1340. The van der Waals surface area contributed by atoms with E-state index >= 15 is 0 Å². The molecule has 32 heavy (non-hydrogen) atoms. The highest BCUT2D eigenvalue weighted by molar-refractivity contribution is 14.1. The third-order valence-electron chi connectivity index (χ3n) is 5.67. The molecule has 0 radical (unpaired) electrons. The van der Waals surface area contributed by atoms with Crippen molar-refractivity contribution in [1.82, 2.24) is 9.88 Å². The molecule has 164 valence electrons. The van der Waals surface area contributed by atoms with Crippen LogP contribution in [0.25, 0.3) is 21.9 Å². The monoisotopic (exact) mass is 552 g/mol. The molecule has 0 spiro atoms. The maximum atomic E-state index is 14.3. The molecule has 0 saturated carbocycles. The maximum absolute atomic E-state index is 14.3. The highest BCUT2D eigenvalue weighted by atomic mass is 127. The minimum Gasteiger partial charge on any atom is -0.451 e. The third-order valence-corrected chi connectivity index (χ3v) is 6.34.